The Labute approximate surface area is 157 Å². The van der Waals surface area contributed by atoms with Crippen LogP contribution in [0, 0.1) is 6.92 Å². The number of amides is 3. The molecule has 7 heteroatoms. The van der Waals surface area contributed by atoms with Gasteiger partial charge in [0.25, 0.3) is 17.7 Å². The molecule has 0 spiro atoms. The van der Waals surface area contributed by atoms with Crippen LogP contribution in [0.15, 0.2) is 48.5 Å². The van der Waals surface area contributed by atoms with Crippen molar-refractivity contribution in [3.63, 3.8) is 0 Å². The Kier molecular flexibility index (Phi) is 5.83. The number of nitrogens with one attached hydrogen (secondary N) is 4. The molecule has 3 amide bonds. The molecule has 1 fully saturated rings. The fourth-order valence-corrected chi connectivity index (χ4v) is 3.04. The molecule has 0 aromatic heterocycles. The highest BCUT2D eigenvalue weighted by Crippen LogP contribution is 2.18. The lowest BCUT2D eigenvalue weighted by Crippen LogP contribution is -3.16. The number of hydrogen-bond acceptors (Lipinski definition) is 3. The second-order valence-electron chi connectivity index (χ2n) is 6.62. The van der Waals surface area contributed by atoms with Gasteiger partial charge in [0.1, 0.15) is 0 Å². The molecule has 0 aliphatic carbocycles. The van der Waals surface area contributed by atoms with E-state index in [1.807, 2.05) is 31.2 Å². The molecule has 1 heterocycles. The highest BCUT2D eigenvalue weighted by molar-refractivity contribution is 6.10. The topological polar surface area (TPSA) is 91.7 Å². The molecule has 1 aliphatic heterocycles. The molecule has 1 aliphatic rings. The molecule has 3 rings (SSSR count). The molecular formula is C20H23N4O3+. The highest BCUT2D eigenvalue weighted by atomic mass is 16.2. The van der Waals surface area contributed by atoms with Crippen LogP contribution in [0.4, 0.5) is 11.4 Å². The number of piperazine rings is 1. The fraction of sp³-hybridized carbons (Fsp3) is 0.250. The summed E-state index contributed by atoms with van der Waals surface area (Å²) in [4.78, 5) is 37.3. The quantitative estimate of drug-likeness (QED) is 0.608. The number of para-hydroxylation sites is 1. The predicted molar refractivity (Wildman–Crippen MR) is 103 cm³/mol. The van der Waals surface area contributed by atoms with Gasteiger partial charge in [0.15, 0.2) is 13.1 Å². The zero-order valence-corrected chi connectivity index (χ0v) is 15.2. The minimum absolute atomic E-state index is 0.0537. The second-order valence-corrected chi connectivity index (χ2v) is 6.62. The Hall–Kier alpha value is -3.19. The van der Waals surface area contributed by atoms with Crippen molar-refractivity contribution >= 4 is 29.1 Å². The van der Waals surface area contributed by atoms with Crippen molar-refractivity contribution in [3.8, 4) is 0 Å². The fourth-order valence-electron chi connectivity index (χ4n) is 3.04. The lowest BCUT2D eigenvalue weighted by atomic mass is 10.1. The molecule has 27 heavy (non-hydrogen) atoms. The molecule has 0 radical (unpaired) electrons. The van der Waals surface area contributed by atoms with E-state index in [1.165, 1.54) is 0 Å². The van der Waals surface area contributed by atoms with Crippen molar-refractivity contribution in [1.29, 1.82) is 0 Å². The van der Waals surface area contributed by atoms with Crippen molar-refractivity contribution in [3.05, 3.63) is 59.7 Å². The lowest BCUT2D eigenvalue weighted by molar-refractivity contribution is -0.885. The first-order chi connectivity index (χ1) is 13.0. The number of anilines is 2. The van der Waals surface area contributed by atoms with Crippen LogP contribution < -0.4 is 20.9 Å². The molecule has 4 N–H and O–H groups in total. The monoisotopic (exact) mass is 367 g/mol. The first kappa shape index (κ1) is 18.6. The van der Waals surface area contributed by atoms with E-state index >= 15 is 0 Å². The van der Waals surface area contributed by atoms with E-state index in [-0.39, 0.29) is 30.8 Å². The van der Waals surface area contributed by atoms with Crippen LogP contribution in [0.1, 0.15) is 15.9 Å². The Morgan fingerprint density at radius 3 is 2.70 bits per heavy atom. The third-order valence-electron chi connectivity index (χ3n) is 4.34. The smallest absolute Gasteiger partial charge is 0.279 e. The molecule has 2 aromatic carbocycles. The van der Waals surface area contributed by atoms with Crippen molar-refractivity contribution in [2.45, 2.75) is 6.92 Å². The minimum atomic E-state index is -0.291. The third kappa shape index (κ3) is 5.15. The van der Waals surface area contributed by atoms with Crippen LogP contribution >= 0.6 is 0 Å². The summed E-state index contributed by atoms with van der Waals surface area (Å²) in [6.45, 7) is 3.68. The Balaban J connectivity index is 1.67. The Morgan fingerprint density at radius 2 is 1.93 bits per heavy atom. The van der Waals surface area contributed by atoms with Gasteiger partial charge in [-0.25, -0.2) is 0 Å². The van der Waals surface area contributed by atoms with Crippen LogP contribution in [0.5, 0.6) is 0 Å². The maximum atomic E-state index is 12.6. The molecule has 1 unspecified atom stereocenters. The summed E-state index contributed by atoms with van der Waals surface area (Å²) in [5.41, 5.74) is 2.58. The highest BCUT2D eigenvalue weighted by Gasteiger charge is 2.23. The number of carbonyl (C=O) groups is 3. The number of quaternary nitrogens is 1. The van der Waals surface area contributed by atoms with Crippen molar-refractivity contribution < 1.29 is 19.3 Å². The average molecular weight is 367 g/mol. The van der Waals surface area contributed by atoms with E-state index in [2.05, 4.69) is 16.0 Å². The van der Waals surface area contributed by atoms with Gasteiger partial charge in [0.2, 0.25) is 0 Å². The number of benzene rings is 2. The second kappa shape index (κ2) is 8.46. The summed E-state index contributed by atoms with van der Waals surface area (Å²) in [6.07, 6.45) is 0. The molecule has 1 saturated heterocycles. The van der Waals surface area contributed by atoms with Gasteiger partial charge >= 0.3 is 0 Å². The summed E-state index contributed by atoms with van der Waals surface area (Å²) >= 11 is 0. The summed E-state index contributed by atoms with van der Waals surface area (Å²) in [6, 6.07) is 14.4. The molecular weight excluding hydrogens is 344 g/mol. The predicted octanol–water partition coefficient (Wildman–Crippen LogP) is 0.201. The molecule has 2 aromatic rings. The van der Waals surface area contributed by atoms with Gasteiger partial charge in [0.05, 0.1) is 24.3 Å². The van der Waals surface area contributed by atoms with E-state index < -0.39 is 0 Å². The normalized spacial score (nSPS) is 16.3. The molecule has 0 bridgehead atoms. The van der Waals surface area contributed by atoms with Gasteiger partial charge < -0.3 is 20.9 Å². The largest absolute Gasteiger partial charge is 0.346 e. The van der Waals surface area contributed by atoms with E-state index in [1.54, 1.807) is 24.3 Å². The summed E-state index contributed by atoms with van der Waals surface area (Å²) in [5, 5.41) is 8.39. The number of rotatable bonds is 5. The van der Waals surface area contributed by atoms with E-state index in [4.69, 9.17) is 0 Å². The van der Waals surface area contributed by atoms with Crippen LogP contribution in [0.3, 0.4) is 0 Å². The van der Waals surface area contributed by atoms with Crippen LogP contribution in [-0.4, -0.2) is 43.9 Å². The van der Waals surface area contributed by atoms with Crippen molar-refractivity contribution in [1.82, 2.24) is 5.32 Å². The first-order valence-electron chi connectivity index (χ1n) is 8.88. The minimum Gasteiger partial charge on any atom is -0.346 e. The first-order valence-corrected chi connectivity index (χ1v) is 8.88. The van der Waals surface area contributed by atoms with Crippen LogP contribution in [-0.2, 0) is 9.59 Å². The van der Waals surface area contributed by atoms with Crippen LogP contribution in [0.2, 0.25) is 0 Å². The van der Waals surface area contributed by atoms with Gasteiger partial charge in [-0.15, -0.1) is 0 Å². The van der Waals surface area contributed by atoms with Gasteiger partial charge in [-0.05, 0) is 36.8 Å². The third-order valence-corrected chi connectivity index (χ3v) is 4.34. The van der Waals surface area contributed by atoms with E-state index in [0.717, 1.165) is 10.5 Å². The molecule has 7 nitrogen and oxygen atoms in total. The number of hydrogen-bond donors (Lipinski definition) is 4. The van der Waals surface area contributed by atoms with Gasteiger partial charge in [0, 0.05) is 5.69 Å². The Morgan fingerprint density at radius 1 is 1.11 bits per heavy atom. The standard InChI is InChI=1S/C20H22N4O3/c1-14-5-4-6-15(11-14)22-20(27)16-7-2-3-8-17(16)23-19(26)13-24-10-9-21-18(25)12-24/h2-8,11H,9-10,12-13H2,1H3,(H,21,25)(H,22,27)(H,23,26)/p+1. The van der Waals surface area contributed by atoms with Crippen molar-refractivity contribution in [2.24, 2.45) is 0 Å². The summed E-state index contributed by atoms with van der Waals surface area (Å²) in [7, 11) is 0. The van der Waals surface area contributed by atoms with Gasteiger partial charge in [-0.3, -0.25) is 14.4 Å². The maximum absolute atomic E-state index is 12.6. The molecule has 140 valence electrons. The van der Waals surface area contributed by atoms with E-state index in [0.29, 0.717) is 30.0 Å². The number of aryl methyl sites for hydroxylation is 1. The SMILES string of the molecule is Cc1cccc(NC(=O)c2ccccc2NC(=O)C[NH+]2CCNC(=O)C2)c1. The van der Waals surface area contributed by atoms with Gasteiger partial charge in [-0.1, -0.05) is 24.3 Å². The molecule has 1 atom stereocenters. The van der Waals surface area contributed by atoms with Crippen LogP contribution in [0.25, 0.3) is 0 Å². The average Bonchev–Trinajstić information content (AvgIpc) is 2.62. The Bertz CT molecular complexity index is 866. The van der Waals surface area contributed by atoms with Gasteiger partial charge in [-0.2, -0.15) is 0 Å². The maximum Gasteiger partial charge on any atom is 0.279 e. The van der Waals surface area contributed by atoms with Crippen molar-refractivity contribution in [2.75, 3.05) is 36.8 Å². The summed E-state index contributed by atoms with van der Waals surface area (Å²) < 4.78 is 0. The zero-order valence-electron chi connectivity index (χ0n) is 15.2. The molecule has 0 saturated carbocycles. The zero-order chi connectivity index (χ0) is 19.2. The number of carbonyl (C=O) groups excluding carboxylic acids is 3. The summed E-state index contributed by atoms with van der Waals surface area (Å²) in [5.74, 6) is -0.571. The lowest BCUT2D eigenvalue weighted by Gasteiger charge is -2.23. The van der Waals surface area contributed by atoms with E-state index in [9.17, 15) is 14.4 Å².